The third-order valence-corrected chi connectivity index (χ3v) is 2.11. The number of hydrogen-bond donors (Lipinski definition) is 1. The van der Waals surface area contributed by atoms with Crippen LogP contribution in [-0.4, -0.2) is 11.0 Å². The number of hydrogen-bond acceptors (Lipinski definition) is 3. The largest absolute Gasteiger partial charge is 0.398 e. The summed E-state index contributed by atoms with van der Waals surface area (Å²) in [4.78, 5) is 22.2. The Labute approximate surface area is 86.9 Å². The predicted molar refractivity (Wildman–Crippen MR) is 55.7 cm³/mol. The minimum atomic E-state index is -0.645. The number of carbonyl (C=O) groups is 2. The molecule has 0 aliphatic carbocycles. The molecule has 1 aromatic rings. The van der Waals surface area contributed by atoms with E-state index in [1.165, 1.54) is 12.1 Å². The summed E-state index contributed by atoms with van der Waals surface area (Å²) in [6, 6.07) is 4.53. The van der Waals surface area contributed by atoms with E-state index in [1.807, 2.05) is 0 Å². The summed E-state index contributed by atoms with van der Waals surface area (Å²) in [6.07, 6.45) is 0.389. The Morgan fingerprint density at radius 3 is 2.57 bits per heavy atom. The molecule has 0 bridgehead atoms. The lowest BCUT2D eigenvalue weighted by Gasteiger charge is -2.03. The Balaban J connectivity index is 3.19. The van der Waals surface area contributed by atoms with Gasteiger partial charge in [-0.15, -0.1) is 0 Å². The molecular weight excluding hydrogens is 202 g/mol. The van der Waals surface area contributed by atoms with Crippen LogP contribution in [0.25, 0.3) is 0 Å². The van der Waals surface area contributed by atoms with Gasteiger partial charge >= 0.3 is 0 Å². The number of nitrogens with two attached hydrogens (primary N) is 1. The van der Waals surface area contributed by atoms with Crippen molar-refractivity contribution in [1.29, 1.82) is 0 Å². The van der Waals surface area contributed by atoms with E-state index in [4.69, 9.17) is 17.3 Å². The lowest BCUT2D eigenvalue weighted by atomic mass is 10.0. The SMILES string of the molecule is CCC(=O)c1ccc(N)c(C(=O)Cl)c1. The molecule has 74 valence electrons. The first-order valence-electron chi connectivity index (χ1n) is 4.18. The van der Waals surface area contributed by atoms with Crippen molar-refractivity contribution in [2.45, 2.75) is 13.3 Å². The molecule has 0 heterocycles. The van der Waals surface area contributed by atoms with Gasteiger partial charge in [0.15, 0.2) is 5.78 Å². The topological polar surface area (TPSA) is 60.2 Å². The molecule has 0 aliphatic heterocycles. The molecule has 2 N–H and O–H groups in total. The van der Waals surface area contributed by atoms with E-state index in [0.717, 1.165) is 0 Å². The fourth-order valence-electron chi connectivity index (χ4n) is 1.10. The van der Waals surface area contributed by atoms with E-state index in [9.17, 15) is 9.59 Å². The zero-order valence-electron chi connectivity index (χ0n) is 7.71. The van der Waals surface area contributed by atoms with E-state index in [2.05, 4.69) is 0 Å². The van der Waals surface area contributed by atoms with Crippen molar-refractivity contribution in [3.8, 4) is 0 Å². The highest BCUT2D eigenvalue weighted by atomic mass is 35.5. The van der Waals surface area contributed by atoms with Gasteiger partial charge in [-0.1, -0.05) is 6.92 Å². The summed E-state index contributed by atoms with van der Waals surface area (Å²) in [5, 5.41) is -0.645. The molecule has 0 aromatic heterocycles. The second-order valence-electron chi connectivity index (χ2n) is 2.85. The molecule has 1 rings (SSSR count). The quantitative estimate of drug-likeness (QED) is 0.474. The maximum atomic E-state index is 11.3. The van der Waals surface area contributed by atoms with Gasteiger partial charge in [0, 0.05) is 17.7 Å². The Bertz CT molecular complexity index is 388. The van der Waals surface area contributed by atoms with Gasteiger partial charge in [-0.05, 0) is 29.8 Å². The van der Waals surface area contributed by atoms with Crippen LogP contribution in [0.3, 0.4) is 0 Å². The second kappa shape index (κ2) is 4.24. The number of anilines is 1. The molecule has 0 radical (unpaired) electrons. The minimum absolute atomic E-state index is 0.0378. The number of rotatable bonds is 3. The van der Waals surface area contributed by atoms with Crippen LogP contribution < -0.4 is 5.73 Å². The van der Waals surface area contributed by atoms with E-state index < -0.39 is 5.24 Å². The highest BCUT2D eigenvalue weighted by molar-refractivity contribution is 6.68. The fourth-order valence-corrected chi connectivity index (χ4v) is 1.27. The third-order valence-electron chi connectivity index (χ3n) is 1.91. The first-order chi connectivity index (χ1) is 6.56. The lowest BCUT2D eigenvalue weighted by Crippen LogP contribution is -2.02. The lowest BCUT2D eigenvalue weighted by molar-refractivity contribution is 0.0988. The van der Waals surface area contributed by atoms with Crippen molar-refractivity contribution in [3.63, 3.8) is 0 Å². The van der Waals surface area contributed by atoms with Gasteiger partial charge in [0.05, 0.1) is 5.56 Å². The highest BCUT2D eigenvalue weighted by Crippen LogP contribution is 2.17. The summed E-state index contributed by atoms with van der Waals surface area (Å²) >= 11 is 5.30. The van der Waals surface area contributed by atoms with Crippen molar-refractivity contribution < 1.29 is 9.59 Å². The van der Waals surface area contributed by atoms with Gasteiger partial charge in [0.2, 0.25) is 0 Å². The Morgan fingerprint density at radius 1 is 1.43 bits per heavy atom. The summed E-state index contributed by atoms with van der Waals surface area (Å²) in [5.41, 5.74) is 6.45. The molecule has 0 saturated heterocycles. The number of ketones is 1. The van der Waals surface area contributed by atoms with Crippen LogP contribution in [0.2, 0.25) is 0 Å². The molecule has 0 unspecified atom stereocenters. The maximum absolute atomic E-state index is 11.3. The van der Waals surface area contributed by atoms with Crippen molar-refractivity contribution in [2.75, 3.05) is 5.73 Å². The molecule has 3 nitrogen and oxygen atoms in total. The summed E-state index contributed by atoms with van der Waals surface area (Å²) in [5.74, 6) is -0.0378. The summed E-state index contributed by atoms with van der Waals surface area (Å²) in [7, 11) is 0. The second-order valence-corrected chi connectivity index (χ2v) is 3.20. The van der Waals surface area contributed by atoms with Crippen LogP contribution in [-0.2, 0) is 0 Å². The molecule has 1 aromatic carbocycles. The monoisotopic (exact) mass is 211 g/mol. The van der Waals surface area contributed by atoms with Crippen molar-refractivity contribution in [3.05, 3.63) is 29.3 Å². The van der Waals surface area contributed by atoms with Crippen LogP contribution in [0, 0.1) is 0 Å². The van der Waals surface area contributed by atoms with E-state index >= 15 is 0 Å². The van der Waals surface area contributed by atoms with E-state index in [-0.39, 0.29) is 17.0 Å². The highest BCUT2D eigenvalue weighted by Gasteiger charge is 2.10. The molecular formula is C10H10ClNO2. The van der Waals surface area contributed by atoms with Gasteiger partial charge in [0.1, 0.15) is 0 Å². The molecule has 4 heteroatoms. The van der Waals surface area contributed by atoms with Gasteiger partial charge < -0.3 is 5.73 Å². The zero-order valence-corrected chi connectivity index (χ0v) is 8.47. The van der Waals surface area contributed by atoms with E-state index in [0.29, 0.717) is 12.0 Å². The van der Waals surface area contributed by atoms with Gasteiger partial charge in [-0.3, -0.25) is 9.59 Å². The maximum Gasteiger partial charge on any atom is 0.254 e. The van der Waals surface area contributed by atoms with Crippen molar-refractivity contribution in [2.24, 2.45) is 0 Å². The van der Waals surface area contributed by atoms with Crippen molar-refractivity contribution >= 4 is 28.3 Å². The van der Waals surface area contributed by atoms with Gasteiger partial charge in [-0.25, -0.2) is 0 Å². The number of benzene rings is 1. The summed E-state index contributed by atoms with van der Waals surface area (Å²) in [6.45, 7) is 1.75. The minimum Gasteiger partial charge on any atom is -0.398 e. The zero-order chi connectivity index (χ0) is 10.7. The summed E-state index contributed by atoms with van der Waals surface area (Å²) < 4.78 is 0. The number of Topliss-reactive ketones (excluding diaryl/α,β-unsaturated/α-hetero) is 1. The molecule has 0 amide bonds. The number of halogens is 1. The number of nitrogen functional groups attached to an aromatic ring is 1. The van der Waals surface area contributed by atoms with Crippen molar-refractivity contribution in [1.82, 2.24) is 0 Å². The predicted octanol–water partition coefficient (Wildman–Crippen LogP) is 2.24. The standard InChI is InChI=1S/C10H10ClNO2/c1-2-9(13)6-3-4-8(12)7(5-6)10(11)14/h3-5H,2,12H2,1H3. The Hall–Kier alpha value is -1.35. The molecule has 0 saturated carbocycles. The number of carbonyl (C=O) groups excluding carboxylic acids is 2. The molecule has 0 atom stereocenters. The fraction of sp³-hybridized carbons (Fsp3) is 0.200. The van der Waals surface area contributed by atoms with Crippen LogP contribution in [0.4, 0.5) is 5.69 Å². The normalized spacial score (nSPS) is 9.86. The first kappa shape index (κ1) is 10.7. The van der Waals surface area contributed by atoms with E-state index in [1.54, 1.807) is 13.0 Å². The van der Waals surface area contributed by atoms with Crippen LogP contribution in [0.1, 0.15) is 34.1 Å². The smallest absolute Gasteiger partial charge is 0.254 e. The average Bonchev–Trinajstić information content (AvgIpc) is 2.17. The third kappa shape index (κ3) is 2.12. The van der Waals surface area contributed by atoms with Gasteiger partial charge in [-0.2, -0.15) is 0 Å². The molecule has 14 heavy (non-hydrogen) atoms. The molecule has 0 spiro atoms. The van der Waals surface area contributed by atoms with Crippen LogP contribution in [0.5, 0.6) is 0 Å². The average molecular weight is 212 g/mol. The first-order valence-corrected chi connectivity index (χ1v) is 4.56. The Kier molecular flexibility index (Phi) is 3.25. The Morgan fingerprint density at radius 2 is 2.07 bits per heavy atom. The molecule has 0 aliphatic rings. The van der Waals surface area contributed by atoms with Gasteiger partial charge in [0.25, 0.3) is 5.24 Å². The molecule has 0 fully saturated rings. The van der Waals surface area contributed by atoms with Crippen LogP contribution in [0.15, 0.2) is 18.2 Å². The van der Waals surface area contributed by atoms with Crippen LogP contribution >= 0.6 is 11.6 Å².